The Bertz CT molecular complexity index is 847. The Morgan fingerprint density at radius 1 is 1.00 bits per heavy atom. The number of carbonyl (C=O) groups excluding carboxylic acids is 1. The summed E-state index contributed by atoms with van der Waals surface area (Å²) in [7, 11) is 0. The van der Waals surface area contributed by atoms with E-state index in [4.69, 9.17) is 4.42 Å². The molecule has 0 aliphatic carbocycles. The first-order valence-corrected chi connectivity index (χ1v) is 8.20. The third-order valence-electron chi connectivity index (χ3n) is 3.87. The third-order valence-corrected chi connectivity index (χ3v) is 3.87. The summed E-state index contributed by atoms with van der Waals surface area (Å²) in [6.07, 6.45) is 0.501. The highest BCUT2D eigenvalue weighted by Gasteiger charge is 2.16. The Kier molecular flexibility index (Phi) is 4.65. The predicted octanol–water partition coefficient (Wildman–Crippen LogP) is 4.21. The minimum atomic E-state index is -0.407. The summed E-state index contributed by atoms with van der Waals surface area (Å²) in [6.45, 7) is 6.44. The fourth-order valence-corrected chi connectivity index (χ4v) is 2.43. The average molecular weight is 335 g/mol. The van der Waals surface area contributed by atoms with Crippen molar-refractivity contribution in [2.45, 2.75) is 32.6 Å². The zero-order valence-corrected chi connectivity index (χ0v) is 14.6. The SMILES string of the molecule is CC(C)(C)c1ccc(NC(=O)c2nnc(Cc3ccccc3)o2)cc1. The second kappa shape index (κ2) is 6.89. The van der Waals surface area contributed by atoms with Gasteiger partial charge in [-0.3, -0.25) is 4.79 Å². The van der Waals surface area contributed by atoms with Gasteiger partial charge in [0, 0.05) is 5.69 Å². The van der Waals surface area contributed by atoms with Crippen molar-refractivity contribution in [1.29, 1.82) is 0 Å². The van der Waals surface area contributed by atoms with Gasteiger partial charge in [0.25, 0.3) is 0 Å². The van der Waals surface area contributed by atoms with Crippen molar-refractivity contribution in [2.75, 3.05) is 5.32 Å². The molecule has 0 aliphatic rings. The van der Waals surface area contributed by atoms with E-state index in [0.717, 1.165) is 5.56 Å². The summed E-state index contributed by atoms with van der Waals surface area (Å²) in [4.78, 5) is 12.3. The number of aromatic nitrogens is 2. The van der Waals surface area contributed by atoms with Crippen LogP contribution in [0.25, 0.3) is 0 Å². The van der Waals surface area contributed by atoms with Gasteiger partial charge < -0.3 is 9.73 Å². The lowest BCUT2D eigenvalue weighted by Gasteiger charge is -2.19. The Labute approximate surface area is 147 Å². The van der Waals surface area contributed by atoms with Crippen LogP contribution in [0.4, 0.5) is 5.69 Å². The molecule has 0 bridgehead atoms. The molecule has 3 rings (SSSR count). The van der Waals surface area contributed by atoms with Gasteiger partial charge in [0.15, 0.2) is 0 Å². The van der Waals surface area contributed by atoms with Crippen LogP contribution < -0.4 is 5.32 Å². The van der Waals surface area contributed by atoms with Gasteiger partial charge in [0.1, 0.15) is 0 Å². The first kappa shape index (κ1) is 16.9. The largest absolute Gasteiger partial charge is 0.417 e. The van der Waals surface area contributed by atoms with Crippen LogP contribution in [0.3, 0.4) is 0 Å². The van der Waals surface area contributed by atoms with Crippen LogP contribution >= 0.6 is 0 Å². The van der Waals surface area contributed by atoms with Crippen LogP contribution in [0.1, 0.15) is 48.5 Å². The van der Waals surface area contributed by atoms with E-state index in [-0.39, 0.29) is 11.3 Å². The summed E-state index contributed by atoms with van der Waals surface area (Å²) in [5.41, 5.74) is 3.02. The maximum absolute atomic E-state index is 12.3. The summed E-state index contributed by atoms with van der Waals surface area (Å²) in [5, 5.41) is 10.6. The molecule has 1 heterocycles. The van der Waals surface area contributed by atoms with Crippen LogP contribution in [0.5, 0.6) is 0 Å². The molecule has 0 atom stereocenters. The number of hydrogen-bond donors (Lipinski definition) is 1. The number of carbonyl (C=O) groups is 1. The van der Waals surface area contributed by atoms with E-state index in [9.17, 15) is 4.79 Å². The summed E-state index contributed by atoms with van der Waals surface area (Å²) in [6, 6.07) is 17.5. The Balaban J connectivity index is 1.66. The lowest BCUT2D eigenvalue weighted by Crippen LogP contribution is -2.14. The molecule has 0 spiro atoms. The van der Waals surface area contributed by atoms with Crippen LogP contribution in [-0.4, -0.2) is 16.1 Å². The lowest BCUT2D eigenvalue weighted by atomic mass is 9.87. The smallest absolute Gasteiger partial charge is 0.313 e. The molecule has 0 saturated carbocycles. The Morgan fingerprint density at radius 3 is 2.32 bits per heavy atom. The van der Waals surface area contributed by atoms with Gasteiger partial charge in [-0.2, -0.15) is 0 Å². The highest BCUT2D eigenvalue weighted by atomic mass is 16.4. The third kappa shape index (κ3) is 4.32. The molecular formula is C20H21N3O2. The number of nitrogens with one attached hydrogen (secondary N) is 1. The topological polar surface area (TPSA) is 68.0 Å². The molecule has 1 amide bonds. The molecule has 5 heteroatoms. The molecule has 0 saturated heterocycles. The van der Waals surface area contributed by atoms with E-state index < -0.39 is 5.91 Å². The Hall–Kier alpha value is -2.95. The molecule has 1 N–H and O–H groups in total. The van der Waals surface area contributed by atoms with Gasteiger partial charge in [0.2, 0.25) is 5.89 Å². The van der Waals surface area contributed by atoms with Crippen molar-refractivity contribution in [3.63, 3.8) is 0 Å². The van der Waals surface area contributed by atoms with E-state index in [0.29, 0.717) is 18.0 Å². The molecule has 128 valence electrons. The summed E-state index contributed by atoms with van der Waals surface area (Å²) in [5.74, 6) is -0.0272. The van der Waals surface area contributed by atoms with Crippen LogP contribution in [0.2, 0.25) is 0 Å². The number of nitrogens with zero attached hydrogens (tertiary/aromatic N) is 2. The maximum atomic E-state index is 12.3. The minimum absolute atomic E-state index is 0.0363. The lowest BCUT2D eigenvalue weighted by molar-refractivity contribution is 0.0988. The first-order valence-electron chi connectivity index (χ1n) is 8.20. The number of rotatable bonds is 4. The van der Waals surface area contributed by atoms with Crippen molar-refractivity contribution >= 4 is 11.6 Å². The minimum Gasteiger partial charge on any atom is -0.417 e. The zero-order chi connectivity index (χ0) is 17.9. The second-order valence-corrected chi connectivity index (χ2v) is 6.94. The number of benzene rings is 2. The molecule has 0 radical (unpaired) electrons. The van der Waals surface area contributed by atoms with Gasteiger partial charge in [-0.1, -0.05) is 63.2 Å². The maximum Gasteiger partial charge on any atom is 0.313 e. The Morgan fingerprint density at radius 2 is 1.68 bits per heavy atom. The quantitative estimate of drug-likeness (QED) is 0.775. The van der Waals surface area contributed by atoms with Crippen molar-refractivity contribution in [1.82, 2.24) is 10.2 Å². The highest BCUT2D eigenvalue weighted by molar-refractivity contribution is 6.00. The van der Waals surface area contributed by atoms with Crippen molar-refractivity contribution in [3.05, 3.63) is 77.5 Å². The fraction of sp³-hybridized carbons (Fsp3) is 0.250. The fourth-order valence-electron chi connectivity index (χ4n) is 2.43. The van der Waals surface area contributed by atoms with Crippen molar-refractivity contribution in [2.24, 2.45) is 0 Å². The molecule has 25 heavy (non-hydrogen) atoms. The van der Waals surface area contributed by atoms with Crippen molar-refractivity contribution < 1.29 is 9.21 Å². The standard InChI is InChI=1S/C20H21N3O2/c1-20(2,3)15-9-11-16(12-10-15)21-18(24)19-23-22-17(25-19)13-14-7-5-4-6-8-14/h4-12H,13H2,1-3H3,(H,21,24). The van der Waals surface area contributed by atoms with E-state index in [1.54, 1.807) is 0 Å². The van der Waals surface area contributed by atoms with Gasteiger partial charge in [-0.25, -0.2) is 0 Å². The van der Waals surface area contributed by atoms with Gasteiger partial charge in [-0.05, 0) is 28.7 Å². The molecular weight excluding hydrogens is 314 g/mol. The summed E-state index contributed by atoms with van der Waals surface area (Å²) < 4.78 is 5.47. The van der Waals surface area contributed by atoms with Crippen LogP contribution in [-0.2, 0) is 11.8 Å². The highest BCUT2D eigenvalue weighted by Crippen LogP contribution is 2.23. The van der Waals surface area contributed by atoms with Crippen LogP contribution in [0.15, 0.2) is 59.0 Å². The van der Waals surface area contributed by atoms with Crippen LogP contribution in [0, 0.1) is 0 Å². The summed E-state index contributed by atoms with van der Waals surface area (Å²) >= 11 is 0. The molecule has 0 unspecified atom stereocenters. The predicted molar refractivity (Wildman–Crippen MR) is 96.6 cm³/mol. The number of hydrogen-bond acceptors (Lipinski definition) is 4. The molecule has 0 fully saturated rings. The van der Waals surface area contributed by atoms with E-state index in [1.165, 1.54) is 5.56 Å². The molecule has 0 aliphatic heterocycles. The molecule has 3 aromatic rings. The molecule has 2 aromatic carbocycles. The normalized spacial score (nSPS) is 11.3. The number of amides is 1. The van der Waals surface area contributed by atoms with Gasteiger partial charge >= 0.3 is 11.8 Å². The average Bonchev–Trinajstić information content (AvgIpc) is 3.04. The van der Waals surface area contributed by atoms with Crippen molar-refractivity contribution in [3.8, 4) is 0 Å². The van der Waals surface area contributed by atoms with E-state index in [2.05, 4.69) is 36.3 Å². The molecule has 1 aromatic heterocycles. The second-order valence-electron chi connectivity index (χ2n) is 6.94. The van der Waals surface area contributed by atoms with E-state index >= 15 is 0 Å². The monoisotopic (exact) mass is 335 g/mol. The van der Waals surface area contributed by atoms with Gasteiger partial charge in [0.05, 0.1) is 6.42 Å². The number of anilines is 1. The zero-order valence-electron chi connectivity index (χ0n) is 14.6. The molecule has 5 nitrogen and oxygen atoms in total. The van der Waals surface area contributed by atoms with Gasteiger partial charge in [-0.15, -0.1) is 10.2 Å². The van der Waals surface area contributed by atoms with E-state index in [1.807, 2.05) is 54.6 Å². The first-order chi connectivity index (χ1) is 11.9.